The summed E-state index contributed by atoms with van der Waals surface area (Å²) in [5.74, 6) is 1.92. The Labute approximate surface area is 190 Å². The highest BCUT2D eigenvalue weighted by atomic mass is 127. The second kappa shape index (κ2) is 13.2. The summed E-state index contributed by atoms with van der Waals surface area (Å²) in [6.07, 6.45) is 7.54. The van der Waals surface area contributed by atoms with E-state index in [1.54, 1.807) is 17.6 Å². The maximum atomic E-state index is 5.42. The highest BCUT2D eigenvalue weighted by molar-refractivity contribution is 14.0. The molecule has 0 spiro atoms. The van der Waals surface area contributed by atoms with Crippen LogP contribution in [0.15, 0.2) is 45.3 Å². The Balaban J connectivity index is 0.00000280. The van der Waals surface area contributed by atoms with Crippen LogP contribution in [0.25, 0.3) is 0 Å². The number of guanidine groups is 1. The topological polar surface area (TPSA) is 52.8 Å². The average molecular weight is 516 g/mol. The minimum absolute atomic E-state index is 0. The van der Waals surface area contributed by atoms with Gasteiger partial charge in [-0.3, -0.25) is 0 Å². The maximum absolute atomic E-state index is 5.42. The van der Waals surface area contributed by atoms with Crippen LogP contribution in [0.1, 0.15) is 43.2 Å². The van der Waals surface area contributed by atoms with Gasteiger partial charge in [0.05, 0.1) is 12.8 Å². The van der Waals surface area contributed by atoms with Crippen LogP contribution < -0.4 is 10.6 Å². The predicted molar refractivity (Wildman–Crippen MR) is 129 cm³/mol. The molecule has 2 aromatic rings. The number of nitrogens with one attached hydrogen (secondary N) is 2. The van der Waals surface area contributed by atoms with Crippen molar-refractivity contribution in [3.8, 4) is 0 Å². The Morgan fingerprint density at radius 2 is 2.14 bits per heavy atom. The number of nitrogens with zero attached hydrogens (tertiary/aromatic N) is 2. The van der Waals surface area contributed by atoms with Gasteiger partial charge in [-0.2, -0.15) is 0 Å². The van der Waals surface area contributed by atoms with Crippen molar-refractivity contribution in [1.82, 2.24) is 15.5 Å². The SMILES string of the molecule is CCCCN1CCC(NC(=NCc2cccs2)NCCc2ccco2)CC1.I. The lowest BCUT2D eigenvalue weighted by Crippen LogP contribution is -2.49. The fraction of sp³-hybridized carbons (Fsp3) is 0.571. The average Bonchev–Trinajstić information content (AvgIpc) is 3.39. The number of halogens is 1. The predicted octanol–water partition coefficient (Wildman–Crippen LogP) is 4.50. The van der Waals surface area contributed by atoms with Crippen LogP contribution >= 0.6 is 35.3 Å². The molecular formula is C21H33IN4OS. The molecule has 0 amide bonds. The molecule has 0 radical (unpaired) electrons. The minimum atomic E-state index is 0. The summed E-state index contributed by atoms with van der Waals surface area (Å²) >= 11 is 1.76. The Morgan fingerprint density at radius 1 is 1.29 bits per heavy atom. The van der Waals surface area contributed by atoms with Gasteiger partial charge in [-0.15, -0.1) is 35.3 Å². The van der Waals surface area contributed by atoms with Crippen molar-refractivity contribution < 1.29 is 4.42 Å². The van der Waals surface area contributed by atoms with Crippen LogP contribution in [0.2, 0.25) is 0 Å². The van der Waals surface area contributed by atoms with Gasteiger partial charge in [0.1, 0.15) is 5.76 Å². The molecule has 5 nitrogen and oxygen atoms in total. The van der Waals surface area contributed by atoms with E-state index in [1.165, 1.54) is 50.2 Å². The first-order valence-corrected chi connectivity index (χ1v) is 11.0. The molecule has 2 aromatic heterocycles. The molecule has 1 fully saturated rings. The second-order valence-corrected chi connectivity index (χ2v) is 8.15. The molecule has 156 valence electrons. The molecule has 3 rings (SSSR count). The smallest absolute Gasteiger partial charge is 0.191 e. The molecule has 3 heterocycles. The van der Waals surface area contributed by atoms with Crippen LogP contribution in [0.4, 0.5) is 0 Å². The maximum Gasteiger partial charge on any atom is 0.191 e. The van der Waals surface area contributed by atoms with Gasteiger partial charge in [-0.1, -0.05) is 19.4 Å². The molecule has 28 heavy (non-hydrogen) atoms. The van der Waals surface area contributed by atoms with Crippen molar-refractivity contribution in [3.05, 3.63) is 46.5 Å². The van der Waals surface area contributed by atoms with E-state index in [2.05, 4.69) is 40.0 Å². The number of rotatable bonds is 9. The third kappa shape index (κ3) is 8.13. The molecule has 0 aliphatic carbocycles. The van der Waals surface area contributed by atoms with Crippen molar-refractivity contribution in [2.45, 2.75) is 51.6 Å². The summed E-state index contributed by atoms with van der Waals surface area (Å²) in [7, 11) is 0. The Kier molecular flexibility index (Phi) is 11.0. The van der Waals surface area contributed by atoms with E-state index in [1.807, 2.05) is 12.1 Å². The summed E-state index contributed by atoms with van der Waals surface area (Å²) < 4.78 is 5.42. The van der Waals surface area contributed by atoms with E-state index in [-0.39, 0.29) is 24.0 Å². The van der Waals surface area contributed by atoms with Gasteiger partial charge in [0, 0.05) is 37.0 Å². The minimum Gasteiger partial charge on any atom is -0.469 e. The first kappa shape index (κ1) is 23.2. The quantitative estimate of drug-likeness (QED) is 0.293. The number of likely N-dealkylation sites (tertiary alicyclic amines) is 1. The van der Waals surface area contributed by atoms with Crippen LogP contribution in [0.3, 0.4) is 0 Å². The van der Waals surface area contributed by atoms with Gasteiger partial charge in [-0.05, 0) is 49.4 Å². The second-order valence-electron chi connectivity index (χ2n) is 7.11. The molecule has 0 unspecified atom stereocenters. The molecule has 0 saturated carbocycles. The number of thiophene rings is 1. The van der Waals surface area contributed by atoms with Gasteiger partial charge >= 0.3 is 0 Å². The van der Waals surface area contributed by atoms with E-state index >= 15 is 0 Å². The van der Waals surface area contributed by atoms with Gasteiger partial charge in [0.25, 0.3) is 0 Å². The van der Waals surface area contributed by atoms with E-state index < -0.39 is 0 Å². The normalized spacial score (nSPS) is 16.0. The highest BCUT2D eigenvalue weighted by Crippen LogP contribution is 2.12. The van der Waals surface area contributed by atoms with Gasteiger partial charge in [0.2, 0.25) is 0 Å². The van der Waals surface area contributed by atoms with Crippen LogP contribution in [-0.4, -0.2) is 43.1 Å². The number of piperidine rings is 1. The molecule has 1 aliphatic rings. The van der Waals surface area contributed by atoms with Crippen molar-refractivity contribution in [2.75, 3.05) is 26.2 Å². The zero-order valence-corrected chi connectivity index (χ0v) is 19.9. The van der Waals surface area contributed by atoms with Crippen molar-refractivity contribution in [1.29, 1.82) is 0 Å². The highest BCUT2D eigenvalue weighted by Gasteiger charge is 2.19. The van der Waals surface area contributed by atoms with E-state index in [0.717, 1.165) is 31.2 Å². The summed E-state index contributed by atoms with van der Waals surface area (Å²) in [5.41, 5.74) is 0. The Morgan fingerprint density at radius 3 is 2.82 bits per heavy atom. The summed E-state index contributed by atoms with van der Waals surface area (Å²) in [6, 6.07) is 8.68. The summed E-state index contributed by atoms with van der Waals surface area (Å²) in [6.45, 7) is 7.41. The lowest BCUT2D eigenvalue weighted by molar-refractivity contribution is 0.203. The molecule has 1 aliphatic heterocycles. The number of furan rings is 1. The monoisotopic (exact) mass is 516 g/mol. The molecule has 0 aromatic carbocycles. The zero-order chi connectivity index (χ0) is 18.7. The Bertz CT molecular complexity index is 652. The number of hydrogen-bond acceptors (Lipinski definition) is 4. The lowest BCUT2D eigenvalue weighted by Gasteiger charge is -2.33. The van der Waals surface area contributed by atoms with Crippen molar-refractivity contribution >= 4 is 41.3 Å². The van der Waals surface area contributed by atoms with Crippen molar-refractivity contribution in [3.63, 3.8) is 0 Å². The Hall–Kier alpha value is -1.06. The first-order chi connectivity index (χ1) is 13.3. The van der Waals surface area contributed by atoms with Gasteiger partial charge < -0.3 is 20.0 Å². The first-order valence-electron chi connectivity index (χ1n) is 10.2. The number of aliphatic imine (C=N–C) groups is 1. The fourth-order valence-electron chi connectivity index (χ4n) is 3.35. The molecule has 0 bridgehead atoms. The molecule has 7 heteroatoms. The van der Waals surface area contributed by atoms with E-state index in [4.69, 9.17) is 9.41 Å². The van der Waals surface area contributed by atoms with Gasteiger partial charge in [-0.25, -0.2) is 4.99 Å². The molecule has 1 saturated heterocycles. The fourth-order valence-corrected chi connectivity index (χ4v) is 3.98. The zero-order valence-electron chi connectivity index (χ0n) is 16.7. The van der Waals surface area contributed by atoms with Crippen LogP contribution in [0.5, 0.6) is 0 Å². The lowest BCUT2D eigenvalue weighted by atomic mass is 10.0. The standard InChI is InChI=1S/C21H32N4OS.HI/c1-2-3-12-25-13-9-18(10-14-25)24-21(23-17-20-7-5-16-27-20)22-11-8-19-6-4-15-26-19;/h4-7,15-16,18H,2-3,8-14,17H2,1H3,(H2,22,23,24);1H. The number of hydrogen-bond donors (Lipinski definition) is 2. The third-order valence-corrected chi connectivity index (χ3v) is 5.83. The largest absolute Gasteiger partial charge is 0.469 e. The summed E-state index contributed by atoms with van der Waals surface area (Å²) in [4.78, 5) is 8.69. The van der Waals surface area contributed by atoms with Crippen molar-refractivity contribution in [2.24, 2.45) is 4.99 Å². The third-order valence-electron chi connectivity index (χ3n) is 4.97. The van der Waals surface area contributed by atoms with Crippen LogP contribution in [-0.2, 0) is 13.0 Å². The van der Waals surface area contributed by atoms with Gasteiger partial charge in [0.15, 0.2) is 5.96 Å². The van der Waals surface area contributed by atoms with E-state index in [9.17, 15) is 0 Å². The molecular weight excluding hydrogens is 483 g/mol. The summed E-state index contributed by atoms with van der Waals surface area (Å²) in [5, 5.41) is 9.25. The van der Waals surface area contributed by atoms with E-state index in [0.29, 0.717) is 6.04 Å². The number of unbranched alkanes of at least 4 members (excludes halogenated alkanes) is 1. The molecule has 0 atom stereocenters. The van der Waals surface area contributed by atoms with Crippen LogP contribution in [0, 0.1) is 0 Å². The molecule has 2 N–H and O–H groups in total.